The van der Waals surface area contributed by atoms with Gasteiger partial charge in [-0.3, -0.25) is 0 Å². The van der Waals surface area contributed by atoms with Gasteiger partial charge >= 0.3 is 0 Å². The monoisotopic (exact) mass is 438 g/mol. The van der Waals surface area contributed by atoms with Gasteiger partial charge in [0.25, 0.3) is 0 Å². The van der Waals surface area contributed by atoms with Crippen LogP contribution < -0.4 is 0 Å². The van der Waals surface area contributed by atoms with Crippen molar-refractivity contribution < 1.29 is 0 Å². The van der Waals surface area contributed by atoms with Gasteiger partial charge < -0.3 is 0 Å². The highest BCUT2D eigenvalue weighted by Gasteiger charge is 2.21. The van der Waals surface area contributed by atoms with Crippen molar-refractivity contribution in [2.45, 2.75) is 103 Å². The van der Waals surface area contributed by atoms with E-state index in [0.717, 1.165) is 34.9 Å². The highest BCUT2D eigenvalue weighted by Crippen LogP contribution is 2.37. The minimum Gasteiger partial charge on any atom is -0.0979 e. The molecular weight excluding hydrogens is 396 g/mol. The minimum absolute atomic E-state index is 0.745. The molecule has 0 bridgehead atoms. The van der Waals surface area contributed by atoms with E-state index in [1.165, 1.54) is 82.6 Å². The summed E-state index contributed by atoms with van der Waals surface area (Å²) in [4.78, 5) is 0. The molecule has 1 aliphatic carbocycles. The quantitative estimate of drug-likeness (QED) is 0.270. The SMILES string of the molecule is CCCCCCCCC#Cc1ccc(C#Cc2ccc([C@H]3CC[C@H](CCC)CC3)cc2)cc1. The Kier molecular flexibility index (Phi) is 11.2. The summed E-state index contributed by atoms with van der Waals surface area (Å²) in [5, 5.41) is 0. The maximum atomic E-state index is 3.33. The Morgan fingerprint density at radius 3 is 1.76 bits per heavy atom. The van der Waals surface area contributed by atoms with E-state index in [1.807, 2.05) is 0 Å². The fourth-order valence-corrected chi connectivity index (χ4v) is 4.97. The summed E-state index contributed by atoms with van der Waals surface area (Å²) < 4.78 is 0. The predicted molar refractivity (Wildman–Crippen MR) is 143 cm³/mol. The van der Waals surface area contributed by atoms with Crippen LogP contribution in [-0.2, 0) is 0 Å². The lowest BCUT2D eigenvalue weighted by Crippen LogP contribution is -2.13. The summed E-state index contributed by atoms with van der Waals surface area (Å²) in [6, 6.07) is 17.4. The van der Waals surface area contributed by atoms with Crippen LogP contribution >= 0.6 is 0 Å². The third kappa shape index (κ3) is 9.14. The molecule has 1 aliphatic rings. The molecule has 0 unspecified atom stereocenters. The fraction of sp³-hybridized carbons (Fsp3) is 0.515. The molecule has 3 rings (SSSR count). The van der Waals surface area contributed by atoms with Crippen LogP contribution in [0.1, 0.15) is 125 Å². The summed E-state index contributed by atoms with van der Waals surface area (Å²) in [5.41, 5.74) is 4.74. The van der Waals surface area contributed by atoms with E-state index in [0.29, 0.717) is 0 Å². The zero-order valence-electron chi connectivity index (χ0n) is 21.0. The van der Waals surface area contributed by atoms with Crippen molar-refractivity contribution in [3.05, 3.63) is 70.8 Å². The first-order valence-electron chi connectivity index (χ1n) is 13.5. The van der Waals surface area contributed by atoms with E-state index in [1.54, 1.807) is 0 Å². The van der Waals surface area contributed by atoms with Crippen LogP contribution in [0.2, 0.25) is 0 Å². The molecule has 0 saturated heterocycles. The zero-order chi connectivity index (χ0) is 23.1. The van der Waals surface area contributed by atoms with Gasteiger partial charge in [-0.2, -0.15) is 0 Å². The summed E-state index contributed by atoms with van der Waals surface area (Å²) in [5.74, 6) is 15.0. The van der Waals surface area contributed by atoms with Crippen LogP contribution in [0.3, 0.4) is 0 Å². The first-order chi connectivity index (χ1) is 16.3. The molecule has 174 valence electrons. The molecule has 0 heterocycles. The van der Waals surface area contributed by atoms with Gasteiger partial charge in [-0.25, -0.2) is 0 Å². The molecule has 2 aromatic rings. The van der Waals surface area contributed by atoms with Crippen molar-refractivity contribution >= 4 is 0 Å². The van der Waals surface area contributed by atoms with Gasteiger partial charge in [0.1, 0.15) is 0 Å². The van der Waals surface area contributed by atoms with E-state index in [2.05, 4.69) is 86.1 Å². The van der Waals surface area contributed by atoms with Crippen molar-refractivity contribution in [1.82, 2.24) is 0 Å². The third-order valence-electron chi connectivity index (χ3n) is 7.05. The molecule has 1 saturated carbocycles. The van der Waals surface area contributed by atoms with Crippen LogP contribution in [0.4, 0.5) is 0 Å². The van der Waals surface area contributed by atoms with Gasteiger partial charge in [0, 0.05) is 23.1 Å². The summed E-state index contributed by atoms with van der Waals surface area (Å²) in [7, 11) is 0. The van der Waals surface area contributed by atoms with Gasteiger partial charge in [-0.15, -0.1) is 0 Å². The molecule has 0 N–H and O–H groups in total. The fourth-order valence-electron chi connectivity index (χ4n) is 4.97. The zero-order valence-corrected chi connectivity index (χ0v) is 21.0. The van der Waals surface area contributed by atoms with E-state index in [9.17, 15) is 0 Å². The normalized spacial score (nSPS) is 17.5. The summed E-state index contributed by atoms with van der Waals surface area (Å²) in [6.45, 7) is 4.57. The van der Waals surface area contributed by atoms with E-state index < -0.39 is 0 Å². The Morgan fingerprint density at radius 2 is 1.15 bits per heavy atom. The second-order valence-electron chi connectivity index (χ2n) is 9.78. The minimum atomic E-state index is 0.745. The van der Waals surface area contributed by atoms with Crippen molar-refractivity contribution in [3.8, 4) is 23.7 Å². The molecular formula is C33H42. The topological polar surface area (TPSA) is 0 Å². The summed E-state index contributed by atoms with van der Waals surface area (Å²) >= 11 is 0. The van der Waals surface area contributed by atoms with Crippen molar-refractivity contribution in [2.75, 3.05) is 0 Å². The molecule has 0 heteroatoms. The molecule has 0 spiro atoms. The van der Waals surface area contributed by atoms with Gasteiger partial charge in [0.05, 0.1) is 0 Å². The van der Waals surface area contributed by atoms with Gasteiger partial charge in [0.2, 0.25) is 0 Å². The molecule has 1 fully saturated rings. The first kappa shape index (κ1) is 25.2. The highest BCUT2D eigenvalue weighted by molar-refractivity contribution is 5.46. The second kappa shape index (κ2) is 14.7. The second-order valence-corrected chi connectivity index (χ2v) is 9.78. The standard InChI is InChI=1S/C33H42/c1-3-5-6-7-8-9-10-11-13-29-14-16-30(17-15-29)18-19-31-22-26-33(27-23-31)32-24-20-28(12-4-2)21-25-32/h14-17,22-23,26-28,32H,3-10,12,20-21,24-25H2,1-2H3/t28-,32-. The predicted octanol–water partition coefficient (Wildman–Crippen LogP) is 9.26. The number of benzene rings is 2. The molecule has 0 aliphatic heterocycles. The number of hydrogen-bond donors (Lipinski definition) is 0. The molecule has 33 heavy (non-hydrogen) atoms. The van der Waals surface area contributed by atoms with Crippen molar-refractivity contribution in [1.29, 1.82) is 0 Å². The van der Waals surface area contributed by atoms with Crippen LogP contribution in [0.5, 0.6) is 0 Å². The highest BCUT2D eigenvalue weighted by atomic mass is 14.3. The molecule has 0 radical (unpaired) electrons. The molecule has 0 amide bonds. The molecule has 0 aromatic heterocycles. The lowest BCUT2D eigenvalue weighted by molar-refractivity contribution is 0.308. The van der Waals surface area contributed by atoms with Crippen LogP contribution in [-0.4, -0.2) is 0 Å². The average Bonchev–Trinajstić information content (AvgIpc) is 2.86. The Labute approximate surface area is 203 Å². The molecule has 2 aromatic carbocycles. The Hall–Kier alpha value is -2.44. The lowest BCUT2D eigenvalue weighted by Gasteiger charge is -2.28. The number of unbranched alkanes of at least 4 members (excludes halogenated alkanes) is 6. The molecule has 0 nitrogen and oxygen atoms in total. The summed E-state index contributed by atoms with van der Waals surface area (Å²) in [6.07, 6.45) is 17.2. The number of hydrogen-bond acceptors (Lipinski definition) is 0. The maximum absolute atomic E-state index is 3.33. The van der Waals surface area contributed by atoms with Crippen molar-refractivity contribution in [2.24, 2.45) is 5.92 Å². The van der Waals surface area contributed by atoms with Crippen LogP contribution in [0.25, 0.3) is 0 Å². The van der Waals surface area contributed by atoms with Crippen LogP contribution in [0, 0.1) is 29.6 Å². The Balaban J connectivity index is 1.44. The van der Waals surface area contributed by atoms with Gasteiger partial charge in [0.15, 0.2) is 0 Å². The largest absolute Gasteiger partial charge is 0.0979 e. The van der Waals surface area contributed by atoms with E-state index >= 15 is 0 Å². The lowest BCUT2D eigenvalue weighted by atomic mass is 9.77. The van der Waals surface area contributed by atoms with Crippen molar-refractivity contribution in [3.63, 3.8) is 0 Å². The van der Waals surface area contributed by atoms with Gasteiger partial charge in [-0.05, 0) is 85.9 Å². The van der Waals surface area contributed by atoms with E-state index in [-0.39, 0.29) is 0 Å². The van der Waals surface area contributed by atoms with E-state index in [4.69, 9.17) is 0 Å². The maximum Gasteiger partial charge on any atom is 0.0249 e. The van der Waals surface area contributed by atoms with Gasteiger partial charge in [-0.1, -0.05) is 94.6 Å². The third-order valence-corrected chi connectivity index (χ3v) is 7.05. The molecule has 0 atom stereocenters. The smallest absolute Gasteiger partial charge is 0.0249 e. The first-order valence-corrected chi connectivity index (χ1v) is 13.5. The van der Waals surface area contributed by atoms with Crippen LogP contribution in [0.15, 0.2) is 48.5 Å². The Bertz CT molecular complexity index is 916. The number of rotatable bonds is 9. The Morgan fingerprint density at radius 1 is 0.606 bits per heavy atom. The average molecular weight is 439 g/mol.